The number of ether oxygens (including phenoxy) is 3. The molecule has 0 aliphatic heterocycles. The molecule has 0 aliphatic rings. The van der Waals surface area contributed by atoms with Crippen molar-refractivity contribution in [3.63, 3.8) is 0 Å². The first-order chi connectivity index (χ1) is 13.7. The van der Waals surface area contributed by atoms with Gasteiger partial charge in [0.15, 0.2) is 11.5 Å². The van der Waals surface area contributed by atoms with Crippen LogP contribution in [-0.4, -0.2) is 20.1 Å². The van der Waals surface area contributed by atoms with Crippen LogP contribution in [0.15, 0.2) is 53.9 Å². The molecule has 3 N–H and O–H groups in total. The molecule has 1 aromatic heterocycles. The summed E-state index contributed by atoms with van der Waals surface area (Å²) in [5.41, 5.74) is 7.07. The van der Waals surface area contributed by atoms with Crippen LogP contribution in [0.2, 0.25) is 0 Å². The molecular weight excluding hydrogens is 412 g/mol. The second-order valence-corrected chi connectivity index (χ2v) is 6.90. The van der Waals surface area contributed by atoms with Gasteiger partial charge in [-0.3, -0.25) is 4.79 Å². The Labute approximate surface area is 180 Å². The number of rotatable bonds is 8. The fourth-order valence-corrected chi connectivity index (χ4v) is 3.38. The van der Waals surface area contributed by atoms with Crippen LogP contribution in [0.4, 0.5) is 0 Å². The van der Waals surface area contributed by atoms with E-state index in [1.54, 1.807) is 49.8 Å². The topological polar surface area (TPSA) is 82.8 Å². The average molecular weight is 435 g/mol. The molecule has 154 valence electrons. The highest BCUT2D eigenvalue weighted by molar-refractivity contribution is 7.09. The molecule has 3 rings (SSSR count). The van der Waals surface area contributed by atoms with Gasteiger partial charge in [0, 0.05) is 17.0 Å². The second kappa shape index (κ2) is 10.7. The normalized spacial score (nSPS) is 10.0. The molecule has 8 heteroatoms. The number of hydrogen-bond acceptors (Lipinski definition) is 6. The Kier molecular flexibility index (Phi) is 8.33. The van der Waals surface area contributed by atoms with Crippen LogP contribution in [0, 0.1) is 0 Å². The van der Waals surface area contributed by atoms with Gasteiger partial charge in [-0.15, -0.1) is 23.7 Å². The Morgan fingerprint density at radius 2 is 1.76 bits per heavy atom. The van der Waals surface area contributed by atoms with E-state index in [0.29, 0.717) is 35.1 Å². The maximum absolute atomic E-state index is 12.5. The maximum Gasteiger partial charge on any atom is 0.251 e. The Morgan fingerprint density at radius 1 is 1.00 bits per heavy atom. The van der Waals surface area contributed by atoms with Gasteiger partial charge in [0.2, 0.25) is 0 Å². The maximum atomic E-state index is 12.5. The Morgan fingerprint density at radius 3 is 2.41 bits per heavy atom. The molecule has 0 atom stereocenters. The van der Waals surface area contributed by atoms with E-state index in [4.69, 9.17) is 19.9 Å². The minimum absolute atomic E-state index is 0. The Balaban J connectivity index is 0.00000300. The monoisotopic (exact) mass is 434 g/mol. The van der Waals surface area contributed by atoms with Gasteiger partial charge in [0.1, 0.15) is 11.5 Å². The number of thiophene rings is 1. The highest BCUT2D eigenvalue weighted by atomic mass is 35.5. The molecular formula is C21H23ClN2O4S. The van der Waals surface area contributed by atoms with E-state index in [9.17, 15) is 4.79 Å². The third-order valence-electron chi connectivity index (χ3n) is 4.16. The van der Waals surface area contributed by atoms with E-state index in [0.717, 1.165) is 10.4 Å². The van der Waals surface area contributed by atoms with E-state index < -0.39 is 0 Å². The summed E-state index contributed by atoms with van der Waals surface area (Å²) >= 11 is 1.60. The molecule has 29 heavy (non-hydrogen) atoms. The summed E-state index contributed by atoms with van der Waals surface area (Å²) in [6.07, 6.45) is 0. The number of hydrogen-bond donors (Lipinski definition) is 2. The minimum atomic E-state index is -0.189. The second-order valence-electron chi connectivity index (χ2n) is 5.87. The van der Waals surface area contributed by atoms with Crippen LogP contribution in [0.3, 0.4) is 0 Å². The van der Waals surface area contributed by atoms with Crippen molar-refractivity contribution < 1.29 is 19.0 Å². The molecule has 1 amide bonds. The molecule has 0 bridgehead atoms. The molecule has 0 saturated carbocycles. The number of carbonyl (C=O) groups is 1. The van der Waals surface area contributed by atoms with E-state index in [2.05, 4.69) is 5.32 Å². The van der Waals surface area contributed by atoms with Crippen LogP contribution >= 0.6 is 23.7 Å². The lowest BCUT2D eigenvalue weighted by Gasteiger charge is -2.16. The summed E-state index contributed by atoms with van der Waals surface area (Å²) < 4.78 is 16.8. The third kappa shape index (κ3) is 5.41. The minimum Gasteiger partial charge on any atom is -0.496 e. The van der Waals surface area contributed by atoms with Crippen molar-refractivity contribution in [2.45, 2.75) is 13.1 Å². The summed E-state index contributed by atoms with van der Waals surface area (Å²) in [4.78, 5) is 13.6. The number of halogens is 1. The van der Waals surface area contributed by atoms with E-state index >= 15 is 0 Å². The third-order valence-corrected chi connectivity index (χ3v) is 5.04. The first-order valence-corrected chi connectivity index (χ1v) is 9.56. The molecule has 0 saturated heterocycles. The zero-order chi connectivity index (χ0) is 19.9. The number of carbonyl (C=O) groups excluding carboxylic acids is 1. The van der Waals surface area contributed by atoms with Crippen LogP contribution < -0.4 is 25.3 Å². The molecule has 1 heterocycles. The van der Waals surface area contributed by atoms with Gasteiger partial charge in [-0.25, -0.2) is 0 Å². The van der Waals surface area contributed by atoms with Crippen molar-refractivity contribution in [1.29, 1.82) is 0 Å². The van der Waals surface area contributed by atoms with Crippen LogP contribution in [0.1, 0.15) is 20.8 Å². The number of nitrogens with one attached hydrogen (secondary N) is 1. The van der Waals surface area contributed by atoms with Gasteiger partial charge in [0.05, 0.1) is 26.3 Å². The Bertz CT molecular complexity index is 948. The summed E-state index contributed by atoms with van der Waals surface area (Å²) in [6.45, 7) is 0.731. The standard InChI is InChI=1S/C21H22N2O4S.ClH/c1-25-17-6-3-7-18(16(17)12-22)27-20-11-14(8-9-19(20)26-2)21(24)23-13-15-5-4-10-28-15;/h3-11H,12-13,22H2,1-2H3,(H,23,24);1H. The molecule has 0 fully saturated rings. The van der Waals surface area contributed by atoms with Gasteiger partial charge in [-0.1, -0.05) is 12.1 Å². The predicted molar refractivity (Wildman–Crippen MR) is 117 cm³/mol. The zero-order valence-electron chi connectivity index (χ0n) is 16.1. The lowest BCUT2D eigenvalue weighted by molar-refractivity contribution is 0.0951. The molecule has 0 radical (unpaired) electrons. The molecule has 0 aliphatic carbocycles. The van der Waals surface area contributed by atoms with Crippen molar-refractivity contribution in [3.05, 3.63) is 69.9 Å². The quantitative estimate of drug-likeness (QED) is 0.550. The van der Waals surface area contributed by atoms with E-state index in [1.165, 1.54) is 0 Å². The van der Waals surface area contributed by atoms with Crippen LogP contribution in [-0.2, 0) is 13.1 Å². The lowest BCUT2D eigenvalue weighted by atomic mass is 10.1. The summed E-state index contributed by atoms with van der Waals surface area (Å²) in [7, 11) is 3.13. The largest absolute Gasteiger partial charge is 0.496 e. The molecule has 6 nitrogen and oxygen atoms in total. The van der Waals surface area contributed by atoms with E-state index in [1.807, 2.05) is 29.6 Å². The molecule has 2 aromatic carbocycles. The summed E-state index contributed by atoms with van der Waals surface area (Å²) in [6, 6.07) is 14.4. The van der Waals surface area contributed by atoms with Gasteiger partial charge in [-0.05, 0) is 41.8 Å². The molecule has 0 spiro atoms. The zero-order valence-corrected chi connectivity index (χ0v) is 17.8. The number of amides is 1. The van der Waals surface area contributed by atoms with Crippen LogP contribution in [0.5, 0.6) is 23.0 Å². The number of methoxy groups -OCH3 is 2. The smallest absolute Gasteiger partial charge is 0.251 e. The van der Waals surface area contributed by atoms with Crippen molar-refractivity contribution >= 4 is 29.7 Å². The highest BCUT2D eigenvalue weighted by Crippen LogP contribution is 2.36. The van der Waals surface area contributed by atoms with Gasteiger partial charge < -0.3 is 25.3 Å². The molecule has 0 unspecified atom stereocenters. The fourth-order valence-electron chi connectivity index (χ4n) is 2.73. The number of nitrogens with two attached hydrogens (primary N) is 1. The van der Waals surface area contributed by atoms with Crippen LogP contribution in [0.25, 0.3) is 0 Å². The predicted octanol–water partition coefficient (Wildman–Crippen LogP) is 4.37. The van der Waals surface area contributed by atoms with Crippen molar-refractivity contribution in [2.75, 3.05) is 14.2 Å². The van der Waals surface area contributed by atoms with Gasteiger partial charge in [0.25, 0.3) is 5.91 Å². The van der Waals surface area contributed by atoms with Crippen molar-refractivity contribution in [1.82, 2.24) is 5.32 Å². The summed E-state index contributed by atoms with van der Waals surface area (Å²) in [5.74, 6) is 1.94. The van der Waals surface area contributed by atoms with Gasteiger partial charge in [-0.2, -0.15) is 0 Å². The molecule has 3 aromatic rings. The summed E-state index contributed by atoms with van der Waals surface area (Å²) in [5, 5.41) is 4.88. The number of benzene rings is 2. The highest BCUT2D eigenvalue weighted by Gasteiger charge is 2.15. The Hall–Kier alpha value is -2.74. The first kappa shape index (κ1) is 22.5. The average Bonchev–Trinajstić information content (AvgIpc) is 3.25. The lowest BCUT2D eigenvalue weighted by Crippen LogP contribution is -2.22. The SMILES string of the molecule is COc1ccc(C(=O)NCc2cccs2)cc1Oc1cccc(OC)c1CN.Cl. The van der Waals surface area contributed by atoms with Crippen molar-refractivity contribution in [2.24, 2.45) is 5.73 Å². The van der Waals surface area contributed by atoms with Crippen molar-refractivity contribution in [3.8, 4) is 23.0 Å². The fraction of sp³-hybridized carbons (Fsp3) is 0.190. The van der Waals surface area contributed by atoms with Gasteiger partial charge >= 0.3 is 0 Å². The first-order valence-electron chi connectivity index (χ1n) is 8.68. The van der Waals surface area contributed by atoms with E-state index in [-0.39, 0.29) is 24.9 Å².